The minimum Gasteiger partial charge on any atom is -0.394 e. The van der Waals surface area contributed by atoms with Gasteiger partial charge in [-0.05, 0) is 6.42 Å². The van der Waals surface area contributed by atoms with Crippen molar-refractivity contribution in [3.05, 3.63) is 0 Å². The van der Waals surface area contributed by atoms with Crippen molar-refractivity contribution in [3.63, 3.8) is 0 Å². The zero-order valence-corrected chi connectivity index (χ0v) is 7.58. The van der Waals surface area contributed by atoms with Crippen LogP contribution in [0.15, 0.2) is 0 Å². The van der Waals surface area contributed by atoms with Crippen molar-refractivity contribution in [3.8, 4) is 12.3 Å². The summed E-state index contributed by atoms with van der Waals surface area (Å²) < 4.78 is 4.98. The summed E-state index contributed by atoms with van der Waals surface area (Å²) in [6, 6.07) is 0. The predicted octanol–water partition coefficient (Wildman–Crippen LogP) is -0.475. The van der Waals surface area contributed by atoms with Gasteiger partial charge in [0.2, 0.25) is 5.91 Å². The highest BCUT2D eigenvalue weighted by atomic mass is 16.5. The standard InChI is InChI=1S/C9H15NO3/c1-2-4-9(12)10-5-3-7-13-8-6-11/h1,11H,3-8H2,(H,10,12). The Morgan fingerprint density at radius 1 is 1.54 bits per heavy atom. The molecule has 0 fully saturated rings. The fourth-order valence-corrected chi connectivity index (χ4v) is 0.724. The van der Waals surface area contributed by atoms with Gasteiger partial charge in [-0.1, -0.05) is 5.92 Å². The number of aliphatic hydroxyl groups is 1. The third-order valence-corrected chi connectivity index (χ3v) is 1.29. The molecule has 0 spiro atoms. The molecule has 0 radical (unpaired) electrons. The summed E-state index contributed by atoms with van der Waals surface area (Å²) in [6.45, 7) is 1.48. The fraction of sp³-hybridized carbons (Fsp3) is 0.667. The molecule has 0 aromatic carbocycles. The van der Waals surface area contributed by atoms with Crippen LogP contribution in [0.2, 0.25) is 0 Å². The summed E-state index contributed by atoms with van der Waals surface area (Å²) in [5.74, 6) is 2.12. The van der Waals surface area contributed by atoms with Crippen LogP contribution >= 0.6 is 0 Å². The Kier molecular flexibility index (Phi) is 8.31. The normalized spacial score (nSPS) is 9.23. The monoisotopic (exact) mass is 185 g/mol. The molecule has 0 atom stereocenters. The van der Waals surface area contributed by atoms with Crippen LogP contribution < -0.4 is 5.32 Å². The quantitative estimate of drug-likeness (QED) is 0.416. The summed E-state index contributed by atoms with van der Waals surface area (Å²) in [4.78, 5) is 10.8. The van der Waals surface area contributed by atoms with E-state index >= 15 is 0 Å². The van der Waals surface area contributed by atoms with Crippen molar-refractivity contribution in [1.29, 1.82) is 0 Å². The Morgan fingerprint density at radius 2 is 2.31 bits per heavy atom. The number of ether oxygens (including phenoxy) is 1. The average Bonchev–Trinajstić information content (AvgIpc) is 2.11. The summed E-state index contributed by atoms with van der Waals surface area (Å²) >= 11 is 0. The number of nitrogens with one attached hydrogen (secondary N) is 1. The first kappa shape index (κ1) is 11.9. The van der Waals surface area contributed by atoms with E-state index in [-0.39, 0.29) is 18.9 Å². The van der Waals surface area contributed by atoms with Crippen LogP contribution in [0.4, 0.5) is 0 Å². The maximum Gasteiger partial charge on any atom is 0.232 e. The van der Waals surface area contributed by atoms with Crippen LogP contribution in [0.1, 0.15) is 12.8 Å². The molecule has 0 saturated carbocycles. The van der Waals surface area contributed by atoms with E-state index in [9.17, 15) is 4.79 Å². The van der Waals surface area contributed by atoms with Gasteiger partial charge in [-0.15, -0.1) is 6.42 Å². The number of hydrogen-bond acceptors (Lipinski definition) is 3. The van der Waals surface area contributed by atoms with Crippen LogP contribution in [0.5, 0.6) is 0 Å². The molecule has 0 aliphatic heterocycles. The zero-order valence-electron chi connectivity index (χ0n) is 7.58. The topological polar surface area (TPSA) is 58.6 Å². The second-order valence-corrected chi connectivity index (χ2v) is 2.42. The lowest BCUT2D eigenvalue weighted by atomic mass is 10.4. The largest absolute Gasteiger partial charge is 0.394 e. The minimum atomic E-state index is -0.135. The molecule has 2 N–H and O–H groups in total. The molecule has 0 aromatic rings. The van der Waals surface area contributed by atoms with Crippen molar-refractivity contribution in [2.45, 2.75) is 12.8 Å². The van der Waals surface area contributed by atoms with Crippen molar-refractivity contribution in [2.75, 3.05) is 26.4 Å². The molecule has 0 aromatic heterocycles. The lowest BCUT2D eigenvalue weighted by Gasteiger charge is -2.03. The van der Waals surface area contributed by atoms with Gasteiger partial charge in [-0.2, -0.15) is 0 Å². The third-order valence-electron chi connectivity index (χ3n) is 1.29. The molecule has 74 valence electrons. The van der Waals surface area contributed by atoms with E-state index in [1.54, 1.807) is 0 Å². The highest BCUT2D eigenvalue weighted by Crippen LogP contribution is 1.81. The molecule has 0 unspecified atom stereocenters. The van der Waals surface area contributed by atoms with Gasteiger partial charge < -0.3 is 15.2 Å². The van der Waals surface area contributed by atoms with Crippen LogP contribution in [0, 0.1) is 12.3 Å². The molecule has 4 heteroatoms. The second-order valence-electron chi connectivity index (χ2n) is 2.42. The SMILES string of the molecule is C#CCC(=O)NCCCOCCO. The molecule has 0 saturated heterocycles. The summed E-state index contributed by atoms with van der Waals surface area (Å²) in [6.07, 6.45) is 5.79. The van der Waals surface area contributed by atoms with Crippen molar-refractivity contribution in [2.24, 2.45) is 0 Å². The molecule has 0 rings (SSSR count). The van der Waals surface area contributed by atoms with Gasteiger partial charge >= 0.3 is 0 Å². The molecular weight excluding hydrogens is 170 g/mol. The van der Waals surface area contributed by atoms with Gasteiger partial charge in [-0.25, -0.2) is 0 Å². The van der Waals surface area contributed by atoms with Crippen LogP contribution in [-0.4, -0.2) is 37.4 Å². The van der Waals surface area contributed by atoms with Crippen LogP contribution in [0.3, 0.4) is 0 Å². The predicted molar refractivity (Wildman–Crippen MR) is 49.0 cm³/mol. The van der Waals surface area contributed by atoms with Gasteiger partial charge in [0.15, 0.2) is 0 Å². The van der Waals surface area contributed by atoms with Gasteiger partial charge in [-0.3, -0.25) is 4.79 Å². The number of hydrogen-bond donors (Lipinski definition) is 2. The first-order chi connectivity index (χ1) is 6.31. The van der Waals surface area contributed by atoms with Crippen molar-refractivity contribution < 1.29 is 14.6 Å². The van der Waals surface area contributed by atoms with Gasteiger partial charge in [0.05, 0.1) is 19.6 Å². The van der Waals surface area contributed by atoms with E-state index < -0.39 is 0 Å². The van der Waals surface area contributed by atoms with E-state index in [1.807, 2.05) is 0 Å². The molecule has 0 heterocycles. The summed E-state index contributed by atoms with van der Waals surface area (Å²) in [7, 11) is 0. The number of amides is 1. The van der Waals surface area contributed by atoms with E-state index in [1.165, 1.54) is 0 Å². The van der Waals surface area contributed by atoms with Gasteiger partial charge in [0.25, 0.3) is 0 Å². The Bertz CT molecular complexity index is 174. The third kappa shape index (κ3) is 8.86. The molecule has 0 bridgehead atoms. The first-order valence-corrected chi connectivity index (χ1v) is 4.20. The van der Waals surface area contributed by atoms with Gasteiger partial charge in [0, 0.05) is 13.2 Å². The molecule has 4 nitrogen and oxygen atoms in total. The lowest BCUT2D eigenvalue weighted by Crippen LogP contribution is -2.24. The summed E-state index contributed by atoms with van der Waals surface area (Å²) in [5, 5.41) is 11.0. The van der Waals surface area contributed by atoms with Crippen LogP contribution in [0.25, 0.3) is 0 Å². The lowest BCUT2D eigenvalue weighted by molar-refractivity contribution is -0.120. The Morgan fingerprint density at radius 3 is 2.92 bits per heavy atom. The molecule has 0 aliphatic carbocycles. The van der Waals surface area contributed by atoms with E-state index in [2.05, 4.69) is 11.2 Å². The van der Waals surface area contributed by atoms with Crippen molar-refractivity contribution >= 4 is 5.91 Å². The molecular formula is C9H15NO3. The zero-order chi connectivity index (χ0) is 9.94. The van der Waals surface area contributed by atoms with Crippen molar-refractivity contribution in [1.82, 2.24) is 5.32 Å². The average molecular weight is 185 g/mol. The Labute approximate surface area is 78.3 Å². The van der Waals surface area contributed by atoms with Crippen LogP contribution in [-0.2, 0) is 9.53 Å². The fourth-order valence-electron chi connectivity index (χ4n) is 0.724. The summed E-state index contributed by atoms with van der Waals surface area (Å²) in [5.41, 5.74) is 0. The number of carbonyl (C=O) groups excluding carboxylic acids is 1. The number of carbonyl (C=O) groups is 1. The number of aliphatic hydroxyl groups excluding tert-OH is 1. The Hall–Kier alpha value is -1.05. The van der Waals surface area contributed by atoms with E-state index in [0.717, 1.165) is 6.42 Å². The van der Waals surface area contributed by atoms with E-state index in [4.69, 9.17) is 16.3 Å². The molecule has 1 amide bonds. The maximum absolute atomic E-state index is 10.8. The highest BCUT2D eigenvalue weighted by Gasteiger charge is 1.95. The first-order valence-electron chi connectivity index (χ1n) is 4.20. The second kappa shape index (κ2) is 9.04. The van der Waals surface area contributed by atoms with Gasteiger partial charge in [0.1, 0.15) is 0 Å². The highest BCUT2D eigenvalue weighted by molar-refractivity contribution is 5.78. The molecule has 13 heavy (non-hydrogen) atoms. The smallest absolute Gasteiger partial charge is 0.232 e. The van der Waals surface area contributed by atoms with E-state index in [0.29, 0.717) is 19.8 Å². The number of terminal acetylenes is 1. The minimum absolute atomic E-state index is 0.0312. The Balaban J connectivity index is 3.08. The molecule has 0 aliphatic rings. The maximum atomic E-state index is 10.8. The number of rotatable bonds is 7.